The highest BCUT2D eigenvalue weighted by Crippen LogP contribution is 2.37. The summed E-state index contributed by atoms with van der Waals surface area (Å²) in [5.74, 6) is -0.00923. The number of fused-ring (bicyclic) bond motifs is 1. The Labute approximate surface area is 192 Å². The van der Waals surface area contributed by atoms with E-state index in [1.165, 1.54) is 25.7 Å². The van der Waals surface area contributed by atoms with Crippen LogP contribution in [0.2, 0.25) is 5.02 Å². The number of carbonyl (C=O) groups excluding carboxylic acids is 1. The van der Waals surface area contributed by atoms with Crippen LogP contribution in [-0.4, -0.2) is 27.4 Å². The van der Waals surface area contributed by atoms with Gasteiger partial charge in [-0.05, 0) is 36.2 Å². The van der Waals surface area contributed by atoms with Crippen molar-refractivity contribution in [1.82, 2.24) is 14.5 Å². The van der Waals surface area contributed by atoms with Crippen molar-refractivity contribution in [3.63, 3.8) is 0 Å². The molecule has 0 radical (unpaired) electrons. The molecule has 170 valence electrons. The van der Waals surface area contributed by atoms with Gasteiger partial charge in [-0.15, -0.1) is 0 Å². The van der Waals surface area contributed by atoms with Crippen molar-refractivity contribution in [3.05, 3.63) is 87.5 Å². The van der Waals surface area contributed by atoms with Crippen LogP contribution in [-0.2, 0) is 19.6 Å². The van der Waals surface area contributed by atoms with Crippen molar-refractivity contribution in [2.45, 2.75) is 19.5 Å². The van der Waals surface area contributed by atoms with Gasteiger partial charge in [-0.3, -0.25) is 4.79 Å². The van der Waals surface area contributed by atoms with Crippen molar-refractivity contribution < 1.29 is 22.7 Å². The fourth-order valence-corrected chi connectivity index (χ4v) is 4.05. The van der Waals surface area contributed by atoms with Crippen LogP contribution < -0.4 is 4.74 Å². The molecule has 2 aromatic heterocycles. The van der Waals surface area contributed by atoms with E-state index in [1.54, 1.807) is 36.7 Å². The number of hydrogen-bond donors (Lipinski definition) is 0. The van der Waals surface area contributed by atoms with E-state index < -0.39 is 11.7 Å². The number of benzene rings is 2. The summed E-state index contributed by atoms with van der Waals surface area (Å²) in [6.45, 7) is 1.80. The molecule has 0 N–H and O–H groups in total. The molecule has 5 nitrogen and oxygen atoms in total. The van der Waals surface area contributed by atoms with Gasteiger partial charge in [0, 0.05) is 30.0 Å². The number of rotatable bonds is 5. The Kier molecular flexibility index (Phi) is 5.88. The Morgan fingerprint density at radius 1 is 1.21 bits per heavy atom. The normalized spacial score (nSPS) is 11.7. The first kappa shape index (κ1) is 22.8. The SMILES string of the molecule is COc1nc2c(C)cc(C(=O)c3cncn3C)cc2c(Cl)c1Cc1cccc(C(F)(F)F)c1. The molecule has 0 bridgehead atoms. The number of halogens is 4. The fraction of sp³-hybridized carbons (Fsp3) is 0.208. The smallest absolute Gasteiger partial charge is 0.416 e. The number of methoxy groups -OCH3 is 1. The first-order valence-electron chi connectivity index (χ1n) is 9.94. The van der Waals surface area contributed by atoms with Gasteiger partial charge in [0.2, 0.25) is 11.7 Å². The first-order chi connectivity index (χ1) is 15.6. The van der Waals surface area contributed by atoms with Crippen LogP contribution in [0, 0.1) is 6.92 Å². The molecule has 0 saturated heterocycles. The van der Waals surface area contributed by atoms with Gasteiger partial charge in [0.05, 0.1) is 35.7 Å². The second-order valence-electron chi connectivity index (χ2n) is 7.70. The van der Waals surface area contributed by atoms with Crippen LogP contribution in [0.5, 0.6) is 5.88 Å². The minimum absolute atomic E-state index is 0.0772. The number of aromatic nitrogens is 3. The summed E-state index contributed by atoms with van der Waals surface area (Å²) < 4.78 is 46.5. The average Bonchev–Trinajstić information content (AvgIpc) is 3.20. The lowest BCUT2D eigenvalue weighted by Gasteiger charge is -2.15. The molecule has 9 heteroatoms. The predicted octanol–water partition coefficient (Wildman–Crippen LogP) is 5.78. The molecule has 4 aromatic rings. The molecule has 2 aromatic carbocycles. The Hall–Kier alpha value is -3.39. The third-order valence-electron chi connectivity index (χ3n) is 5.41. The van der Waals surface area contributed by atoms with E-state index in [2.05, 4.69) is 9.97 Å². The van der Waals surface area contributed by atoms with Crippen molar-refractivity contribution in [2.24, 2.45) is 7.05 Å². The molecular formula is C24H19ClF3N3O2. The molecule has 0 atom stereocenters. The number of ketones is 1. The largest absolute Gasteiger partial charge is 0.481 e. The van der Waals surface area contributed by atoms with Gasteiger partial charge in [-0.25, -0.2) is 9.97 Å². The molecule has 4 rings (SSSR count). The number of pyridine rings is 1. The zero-order valence-corrected chi connectivity index (χ0v) is 18.8. The van der Waals surface area contributed by atoms with E-state index in [0.717, 1.165) is 12.1 Å². The van der Waals surface area contributed by atoms with E-state index in [-0.39, 0.29) is 23.1 Å². The van der Waals surface area contributed by atoms with Crippen molar-refractivity contribution in [1.29, 1.82) is 0 Å². The van der Waals surface area contributed by atoms with Crippen LogP contribution in [0.1, 0.15) is 38.3 Å². The summed E-state index contributed by atoms with van der Waals surface area (Å²) in [7, 11) is 3.15. The molecular weight excluding hydrogens is 455 g/mol. The van der Waals surface area contributed by atoms with Gasteiger partial charge in [-0.1, -0.05) is 29.8 Å². The van der Waals surface area contributed by atoms with Gasteiger partial charge >= 0.3 is 6.18 Å². The van der Waals surface area contributed by atoms with E-state index in [9.17, 15) is 18.0 Å². The van der Waals surface area contributed by atoms with E-state index in [1.807, 2.05) is 0 Å². The Bertz CT molecular complexity index is 1380. The number of ether oxygens (including phenoxy) is 1. The maximum atomic E-state index is 13.1. The lowest BCUT2D eigenvalue weighted by molar-refractivity contribution is -0.137. The maximum Gasteiger partial charge on any atom is 0.416 e. The minimum Gasteiger partial charge on any atom is -0.481 e. The average molecular weight is 474 g/mol. The predicted molar refractivity (Wildman–Crippen MR) is 119 cm³/mol. The fourth-order valence-electron chi connectivity index (χ4n) is 3.76. The molecule has 0 aliphatic heterocycles. The summed E-state index contributed by atoms with van der Waals surface area (Å²) in [6.07, 6.45) is -1.36. The summed E-state index contributed by atoms with van der Waals surface area (Å²) in [5, 5.41) is 0.793. The number of hydrogen-bond acceptors (Lipinski definition) is 4. The third kappa shape index (κ3) is 4.30. The van der Waals surface area contributed by atoms with Crippen molar-refractivity contribution >= 4 is 28.3 Å². The molecule has 0 saturated carbocycles. The van der Waals surface area contributed by atoms with Crippen LogP contribution in [0.3, 0.4) is 0 Å². The number of alkyl halides is 3. The first-order valence-corrected chi connectivity index (χ1v) is 10.3. The monoisotopic (exact) mass is 473 g/mol. The third-order valence-corrected chi connectivity index (χ3v) is 5.85. The summed E-state index contributed by atoms with van der Waals surface area (Å²) >= 11 is 6.74. The minimum atomic E-state index is -4.45. The molecule has 0 fully saturated rings. The van der Waals surface area contributed by atoms with E-state index in [0.29, 0.717) is 38.9 Å². The number of imidazole rings is 1. The van der Waals surface area contributed by atoms with E-state index >= 15 is 0 Å². The van der Waals surface area contributed by atoms with E-state index in [4.69, 9.17) is 16.3 Å². The highest BCUT2D eigenvalue weighted by molar-refractivity contribution is 6.36. The molecule has 0 aliphatic carbocycles. The standard InChI is InChI=1S/C24H19ClF3N3O2/c1-13-7-15(22(32)19-11-29-12-31(19)2)10-17-20(25)18(23(33-3)30-21(13)17)9-14-5-4-6-16(8-14)24(26,27)28/h4-8,10-12H,9H2,1-3H3. The molecule has 2 heterocycles. The lowest BCUT2D eigenvalue weighted by atomic mass is 9.98. The maximum absolute atomic E-state index is 13.1. The highest BCUT2D eigenvalue weighted by Gasteiger charge is 2.30. The Morgan fingerprint density at radius 2 is 1.97 bits per heavy atom. The molecule has 0 spiro atoms. The highest BCUT2D eigenvalue weighted by atomic mass is 35.5. The second kappa shape index (κ2) is 8.51. The van der Waals surface area contributed by atoms with Crippen molar-refractivity contribution in [3.8, 4) is 5.88 Å². The Balaban J connectivity index is 1.84. The summed E-state index contributed by atoms with van der Waals surface area (Å²) in [5.41, 5.74) is 2.18. The zero-order chi connectivity index (χ0) is 23.9. The molecule has 33 heavy (non-hydrogen) atoms. The quantitative estimate of drug-likeness (QED) is 0.345. The van der Waals surface area contributed by atoms with Crippen LogP contribution in [0.15, 0.2) is 48.9 Å². The summed E-state index contributed by atoms with van der Waals surface area (Å²) in [4.78, 5) is 21.5. The van der Waals surface area contributed by atoms with Crippen LogP contribution in [0.4, 0.5) is 13.2 Å². The molecule has 0 aliphatic rings. The number of nitrogens with zero attached hydrogens (tertiary/aromatic N) is 3. The van der Waals surface area contributed by atoms with Crippen LogP contribution in [0.25, 0.3) is 10.9 Å². The van der Waals surface area contributed by atoms with Gasteiger partial charge in [0.15, 0.2) is 0 Å². The van der Waals surface area contributed by atoms with Gasteiger partial charge in [0.25, 0.3) is 0 Å². The summed E-state index contributed by atoms with van der Waals surface area (Å²) in [6, 6.07) is 8.38. The zero-order valence-electron chi connectivity index (χ0n) is 18.0. The van der Waals surface area contributed by atoms with Gasteiger partial charge in [0.1, 0.15) is 5.69 Å². The topological polar surface area (TPSA) is 57.0 Å². The number of aryl methyl sites for hydroxylation is 2. The Morgan fingerprint density at radius 3 is 2.61 bits per heavy atom. The second-order valence-corrected chi connectivity index (χ2v) is 8.07. The van der Waals surface area contributed by atoms with Gasteiger partial charge < -0.3 is 9.30 Å². The van der Waals surface area contributed by atoms with Crippen LogP contribution >= 0.6 is 11.6 Å². The molecule has 0 unspecified atom stereocenters. The van der Waals surface area contributed by atoms with Crippen molar-refractivity contribution in [2.75, 3.05) is 7.11 Å². The lowest BCUT2D eigenvalue weighted by Crippen LogP contribution is -2.08. The number of carbonyl (C=O) groups is 1. The van der Waals surface area contributed by atoms with Gasteiger partial charge in [-0.2, -0.15) is 13.2 Å². The molecule has 0 amide bonds.